The first-order chi connectivity index (χ1) is 11.4. The van der Waals surface area contributed by atoms with Gasteiger partial charge in [0.05, 0.1) is 4.90 Å². The van der Waals surface area contributed by atoms with E-state index in [1.165, 1.54) is 19.2 Å². The number of rotatable bonds is 4. The summed E-state index contributed by atoms with van der Waals surface area (Å²) in [6.45, 7) is 1.76. The Morgan fingerprint density at radius 1 is 1.08 bits per heavy atom. The Kier molecular flexibility index (Phi) is 4.42. The van der Waals surface area contributed by atoms with E-state index in [0.29, 0.717) is 5.76 Å². The molecule has 1 atom stereocenters. The first kappa shape index (κ1) is 16.7. The number of hydrogen-bond donors (Lipinski definition) is 2. The molecular weight excluding hydrogens is 328 g/mol. The second-order valence-corrected chi connectivity index (χ2v) is 7.30. The molecule has 2 aromatic carbocycles. The highest BCUT2D eigenvalue weighted by Gasteiger charge is 2.34. The number of benzene rings is 2. The van der Waals surface area contributed by atoms with Crippen molar-refractivity contribution in [3.8, 4) is 0 Å². The van der Waals surface area contributed by atoms with Crippen LogP contribution in [-0.4, -0.2) is 25.9 Å². The van der Waals surface area contributed by atoms with Gasteiger partial charge >= 0.3 is 0 Å². The summed E-state index contributed by atoms with van der Waals surface area (Å²) in [5.41, 5.74) is 2.45. The van der Waals surface area contributed by atoms with E-state index >= 15 is 0 Å². The molecule has 7 heteroatoms. The third-order valence-electron chi connectivity index (χ3n) is 3.96. The van der Waals surface area contributed by atoms with Gasteiger partial charge in [-0.15, -0.1) is 0 Å². The van der Waals surface area contributed by atoms with E-state index in [4.69, 9.17) is 4.84 Å². The zero-order valence-corrected chi connectivity index (χ0v) is 14.1. The second-order valence-electron chi connectivity index (χ2n) is 5.41. The van der Waals surface area contributed by atoms with Crippen LogP contribution in [0.25, 0.3) is 5.57 Å². The van der Waals surface area contributed by atoms with Gasteiger partial charge in [0, 0.05) is 5.57 Å². The molecular formula is C17H18N2O4S. The Morgan fingerprint density at radius 2 is 1.71 bits per heavy atom. The van der Waals surface area contributed by atoms with Gasteiger partial charge in [0.25, 0.3) is 0 Å². The SMILES string of the molecule is CNS(=O)(=O)c1ccc(C2=C(C)ON(O)C2c2ccccc2)cc1. The highest BCUT2D eigenvalue weighted by atomic mass is 32.2. The van der Waals surface area contributed by atoms with E-state index in [0.717, 1.165) is 21.9 Å². The van der Waals surface area contributed by atoms with Gasteiger partial charge in [0.2, 0.25) is 10.0 Å². The van der Waals surface area contributed by atoms with Crippen molar-refractivity contribution in [2.24, 2.45) is 0 Å². The molecule has 126 valence electrons. The number of nitrogens with one attached hydrogen (secondary N) is 1. The van der Waals surface area contributed by atoms with Crippen LogP contribution in [0, 0.1) is 0 Å². The van der Waals surface area contributed by atoms with Crippen LogP contribution < -0.4 is 4.72 Å². The molecule has 1 aliphatic rings. The quantitative estimate of drug-likeness (QED) is 0.890. The topological polar surface area (TPSA) is 78.9 Å². The first-order valence-corrected chi connectivity index (χ1v) is 8.88. The average molecular weight is 346 g/mol. The zero-order chi connectivity index (χ0) is 17.3. The van der Waals surface area contributed by atoms with Crippen molar-refractivity contribution in [2.75, 3.05) is 7.05 Å². The molecule has 1 unspecified atom stereocenters. The molecule has 3 rings (SSSR count). The first-order valence-electron chi connectivity index (χ1n) is 7.40. The molecule has 0 radical (unpaired) electrons. The Labute approximate surface area is 141 Å². The summed E-state index contributed by atoms with van der Waals surface area (Å²) in [7, 11) is -2.11. The Hall–Kier alpha value is -2.19. The van der Waals surface area contributed by atoms with Crippen LogP contribution in [0.5, 0.6) is 0 Å². The van der Waals surface area contributed by atoms with E-state index in [-0.39, 0.29) is 4.90 Å². The maximum absolute atomic E-state index is 11.8. The molecule has 2 N–H and O–H groups in total. The summed E-state index contributed by atoms with van der Waals surface area (Å²) in [6.07, 6.45) is 0. The summed E-state index contributed by atoms with van der Waals surface area (Å²) in [5.74, 6) is 0.565. The summed E-state index contributed by atoms with van der Waals surface area (Å²) < 4.78 is 26.0. The van der Waals surface area contributed by atoms with Crippen molar-refractivity contribution < 1.29 is 18.5 Å². The standard InChI is InChI=1S/C17H18N2O4S/c1-12-16(13-8-10-15(11-9-13)24(21,22)18-2)17(19(20)23-12)14-6-4-3-5-7-14/h3-11,17-18,20H,1-2H3. The molecule has 0 aromatic heterocycles. The summed E-state index contributed by atoms with van der Waals surface area (Å²) >= 11 is 0. The maximum atomic E-state index is 11.8. The minimum Gasteiger partial charge on any atom is -0.384 e. The van der Waals surface area contributed by atoms with Gasteiger partial charge in [0.15, 0.2) is 0 Å². The molecule has 24 heavy (non-hydrogen) atoms. The molecule has 0 saturated carbocycles. The van der Waals surface area contributed by atoms with E-state index in [2.05, 4.69) is 4.72 Å². The molecule has 0 spiro atoms. The summed E-state index contributed by atoms with van der Waals surface area (Å²) in [5, 5.41) is 10.9. The monoisotopic (exact) mass is 346 g/mol. The predicted molar refractivity (Wildman–Crippen MR) is 89.2 cm³/mol. The van der Waals surface area contributed by atoms with Crippen LogP contribution in [0.2, 0.25) is 0 Å². The van der Waals surface area contributed by atoms with Gasteiger partial charge < -0.3 is 4.84 Å². The predicted octanol–water partition coefficient (Wildman–Crippen LogP) is 2.70. The summed E-state index contributed by atoms with van der Waals surface area (Å²) in [4.78, 5) is 5.54. The van der Waals surface area contributed by atoms with Crippen LogP contribution >= 0.6 is 0 Å². The van der Waals surface area contributed by atoms with Crippen LogP contribution in [0.3, 0.4) is 0 Å². The van der Waals surface area contributed by atoms with Crippen molar-refractivity contribution >= 4 is 15.6 Å². The lowest BCUT2D eigenvalue weighted by atomic mass is 9.93. The number of hydroxylamine groups is 2. The molecule has 0 bridgehead atoms. The maximum Gasteiger partial charge on any atom is 0.240 e. The number of nitrogens with zero attached hydrogens (tertiary/aromatic N) is 1. The van der Waals surface area contributed by atoms with Gasteiger partial charge in [-0.25, -0.2) is 13.1 Å². The highest BCUT2D eigenvalue weighted by Crippen LogP contribution is 2.42. The number of allylic oxidation sites excluding steroid dienone is 1. The van der Waals surface area contributed by atoms with Gasteiger partial charge in [-0.05, 0) is 42.5 Å². The average Bonchev–Trinajstić information content (AvgIpc) is 2.90. The molecule has 0 amide bonds. The fourth-order valence-corrected chi connectivity index (χ4v) is 3.50. The molecule has 0 aliphatic carbocycles. The third-order valence-corrected chi connectivity index (χ3v) is 5.39. The lowest BCUT2D eigenvalue weighted by molar-refractivity contribution is -0.320. The van der Waals surface area contributed by atoms with E-state index in [1.54, 1.807) is 19.1 Å². The van der Waals surface area contributed by atoms with Gasteiger partial charge in [-0.2, -0.15) is 0 Å². The lowest BCUT2D eigenvalue weighted by Gasteiger charge is -2.19. The van der Waals surface area contributed by atoms with Crippen molar-refractivity contribution in [1.29, 1.82) is 0 Å². The highest BCUT2D eigenvalue weighted by molar-refractivity contribution is 7.89. The Morgan fingerprint density at radius 3 is 2.29 bits per heavy atom. The van der Waals surface area contributed by atoms with Crippen LogP contribution in [0.4, 0.5) is 0 Å². The van der Waals surface area contributed by atoms with E-state index in [9.17, 15) is 13.6 Å². The van der Waals surface area contributed by atoms with Crippen LogP contribution in [0.1, 0.15) is 24.1 Å². The van der Waals surface area contributed by atoms with Crippen LogP contribution in [-0.2, 0) is 14.9 Å². The van der Waals surface area contributed by atoms with Crippen LogP contribution in [0.15, 0.2) is 65.3 Å². The Bertz CT molecular complexity index is 861. The molecule has 2 aromatic rings. The normalized spacial score (nSPS) is 18.7. The van der Waals surface area contributed by atoms with Gasteiger partial charge in [0.1, 0.15) is 11.8 Å². The van der Waals surface area contributed by atoms with Gasteiger partial charge in [-0.3, -0.25) is 5.21 Å². The van der Waals surface area contributed by atoms with Gasteiger partial charge in [-0.1, -0.05) is 42.5 Å². The Balaban J connectivity index is 2.02. The minimum atomic E-state index is -3.49. The van der Waals surface area contributed by atoms with Crippen molar-refractivity contribution in [1.82, 2.24) is 9.95 Å². The van der Waals surface area contributed by atoms with Crippen molar-refractivity contribution in [3.63, 3.8) is 0 Å². The fourth-order valence-electron chi connectivity index (χ4n) is 2.77. The minimum absolute atomic E-state index is 0.183. The molecule has 1 heterocycles. The number of sulfonamides is 1. The molecule has 0 fully saturated rings. The summed E-state index contributed by atoms with van der Waals surface area (Å²) in [6, 6.07) is 15.5. The molecule has 1 aliphatic heterocycles. The zero-order valence-electron chi connectivity index (χ0n) is 13.3. The fraction of sp³-hybridized carbons (Fsp3) is 0.176. The van der Waals surface area contributed by atoms with E-state index in [1.807, 2.05) is 30.3 Å². The number of hydrogen-bond acceptors (Lipinski definition) is 5. The second kappa shape index (κ2) is 6.37. The lowest BCUT2D eigenvalue weighted by Crippen LogP contribution is -2.20. The third kappa shape index (κ3) is 2.94. The molecule has 0 saturated heterocycles. The van der Waals surface area contributed by atoms with Crippen molar-refractivity contribution in [3.05, 3.63) is 71.5 Å². The van der Waals surface area contributed by atoms with E-state index < -0.39 is 16.1 Å². The van der Waals surface area contributed by atoms with Crippen molar-refractivity contribution in [2.45, 2.75) is 17.9 Å². The largest absolute Gasteiger partial charge is 0.384 e. The molecule has 6 nitrogen and oxygen atoms in total. The smallest absolute Gasteiger partial charge is 0.240 e.